The van der Waals surface area contributed by atoms with E-state index in [1.54, 1.807) is 15.8 Å². The number of carbonyl (C=O) groups excluding carboxylic acids is 1. The zero-order valence-electron chi connectivity index (χ0n) is 14.1. The lowest BCUT2D eigenvalue weighted by atomic mass is 10.2. The summed E-state index contributed by atoms with van der Waals surface area (Å²) in [5, 5.41) is 1.97. The molecule has 0 atom stereocenters. The lowest BCUT2D eigenvalue weighted by Crippen LogP contribution is -2.57. The third-order valence-corrected chi connectivity index (χ3v) is 5.02. The number of aromatic nitrogens is 1. The number of fused-ring (bicyclic) bond motifs is 4. The second kappa shape index (κ2) is 7.13. The van der Waals surface area contributed by atoms with Crippen molar-refractivity contribution in [3.05, 3.63) is 62.5 Å². The van der Waals surface area contributed by atoms with E-state index in [1.807, 2.05) is 35.3 Å². The largest absolute Gasteiger partial charge is 0.482 e. The Morgan fingerprint density at radius 3 is 2.69 bits per heavy atom. The molecular formula is C18H18BrN3O4. The number of pyridine rings is 1. The number of amides is 1. The number of benzene rings is 1. The Morgan fingerprint density at radius 2 is 1.88 bits per heavy atom. The maximum Gasteiger partial charge on any atom is 0.277 e. The van der Waals surface area contributed by atoms with Crippen molar-refractivity contribution in [1.29, 1.82) is 0 Å². The van der Waals surface area contributed by atoms with Gasteiger partial charge in [-0.1, -0.05) is 30.3 Å². The molecule has 1 amide bonds. The summed E-state index contributed by atoms with van der Waals surface area (Å²) in [6.07, 6.45) is 1.63. The standard InChI is InChI=1S/C18H18BrN3O4/c19-14-10-22-15(18(24)20-6-8-25-9-7-21(22)12-20)17(16(14)23)26-11-13-4-2-1-3-5-13/h1-5,10H,6-9,11-12H2. The molecule has 0 unspecified atom stereocenters. The Hall–Kier alpha value is -2.32. The summed E-state index contributed by atoms with van der Waals surface area (Å²) < 4.78 is 13.4. The third-order valence-electron chi connectivity index (χ3n) is 4.46. The van der Waals surface area contributed by atoms with Crippen LogP contribution in [-0.4, -0.2) is 48.5 Å². The van der Waals surface area contributed by atoms with E-state index in [9.17, 15) is 9.59 Å². The molecule has 2 bridgehead atoms. The molecule has 1 saturated heterocycles. The van der Waals surface area contributed by atoms with Gasteiger partial charge in [-0.25, -0.2) is 0 Å². The van der Waals surface area contributed by atoms with Crippen LogP contribution in [-0.2, 0) is 11.3 Å². The van der Waals surface area contributed by atoms with Gasteiger partial charge in [-0.2, -0.15) is 0 Å². The Morgan fingerprint density at radius 1 is 1.12 bits per heavy atom. The van der Waals surface area contributed by atoms with Crippen LogP contribution in [0.1, 0.15) is 16.1 Å². The molecule has 4 rings (SSSR count). The molecule has 0 N–H and O–H groups in total. The van der Waals surface area contributed by atoms with Crippen molar-refractivity contribution in [2.24, 2.45) is 0 Å². The van der Waals surface area contributed by atoms with E-state index in [0.717, 1.165) is 5.56 Å². The topological polar surface area (TPSA) is 64.0 Å². The predicted octanol–water partition coefficient (Wildman–Crippen LogP) is 1.57. The van der Waals surface area contributed by atoms with Gasteiger partial charge in [0.1, 0.15) is 13.3 Å². The van der Waals surface area contributed by atoms with Crippen LogP contribution in [0.4, 0.5) is 0 Å². The van der Waals surface area contributed by atoms with Crippen molar-refractivity contribution < 1.29 is 14.3 Å². The summed E-state index contributed by atoms with van der Waals surface area (Å²) in [5.41, 5.74) is 0.870. The molecule has 7 nitrogen and oxygen atoms in total. The molecule has 0 aliphatic carbocycles. The van der Waals surface area contributed by atoms with E-state index in [0.29, 0.717) is 37.4 Å². The lowest BCUT2D eigenvalue weighted by Gasteiger charge is -2.41. The number of rotatable bonds is 3. The van der Waals surface area contributed by atoms with Crippen LogP contribution in [0.2, 0.25) is 0 Å². The van der Waals surface area contributed by atoms with Crippen molar-refractivity contribution >= 4 is 21.8 Å². The number of hydrogen-bond donors (Lipinski definition) is 0. The summed E-state index contributed by atoms with van der Waals surface area (Å²) in [6.45, 7) is 2.83. The van der Waals surface area contributed by atoms with Crippen molar-refractivity contribution in [1.82, 2.24) is 9.58 Å². The van der Waals surface area contributed by atoms with Gasteiger partial charge in [0.05, 0.1) is 24.2 Å². The zero-order chi connectivity index (χ0) is 18.1. The third kappa shape index (κ3) is 3.10. The van der Waals surface area contributed by atoms with E-state index < -0.39 is 0 Å². The Balaban J connectivity index is 1.77. The molecule has 3 heterocycles. The normalized spacial score (nSPS) is 16.7. The SMILES string of the molecule is O=C1c2c(OCc3ccccc3)c(=O)c(Br)cn2N2CCOCCN1C2. The molecule has 1 aromatic carbocycles. The van der Waals surface area contributed by atoms with E-state index in [1.165, 1.54) is 0 Å². The van der Waals surface area contributed by atoms with Gasteiger partial charge < -0.3 is 14.4 Å². The average molecular weight is 420 g/mol. The van der Waals surface area contributed by atoms with Gasteiger partial charge in [0.15, 0.2) is 11.4 Å². The molecule has 26 heavy (non-hydrogen) atoms. The monoisotopic (exact) mass is 419 g/mol. The zero-order valence-corrected chi connectivity index (χ0v) is 15.6. The first kappa shape index (κ1) is 17.1. The molecule has 2 aliphatic rings. The summed E-state index contributed by atoms with van der Waals surface area (Å²) in [5.74, 6) is -0.149. The Labute approximate surface area is 158 Å². The number of carbonyl (C=O) groups is 1. The first-order valence-corrected chi connectivity index (χ1v) is 9.18. The van der Waals surface area contributed by atoms with Gasteiger partial charge in [-0.15, -0.1) is 0 Å². The van der Waals surface area contributed by atoms with Crippen molar-refractivity contribution in [3.8, 4) is 5.75 Å². The Kier molecular flexibility index (Phi) is 4.69. The van der Waals surface area contributed by atoms with Gasteiger partial charge in [0.2, 0.25) is 5.43 Å². The first-order valence-electron chi connectivity index (χ1n) is 8.39. The highest BCUT2D eigenvalue weighted by Gasteiger charge is 2.34. The van der Waals surface area contributed by atoms with Gasteiger partial charge >= 0.3 is 0 Å². The fourth-order valence-electron chi connectivity index (χ4n) is 3.11. The van der Waals surface area contributed by atoms with Crippen molar-refractivity contribution in [3.63, 3.8) is 0 Å². The molecule has 1 aromatic heterocycles. The van der Waals surface area contributed by atoms with Gasteiger partial charge in [-0.3, -0.25) is 19.3 Å². The van der Waals surface area contributed by atoms with Gasteiger partial charge in [-0.05, 0) is 21.5 Å². The molecule has 0 radical (unpaired) electrons. The number of hydrogen-bond acceptors (Lipinski definition) is 5. The summed E-state index contributed by atoms with van der Waals surface area (Å²) >= 11 is 3.30. The van der Waals surface area contributed by atoms with Crippen LogP contribution >= 0.6 is 15.9 Å². The minimum Gasteiger partial charge on any atom is -0.482 e. The quantitative estimate of drug-likeness (QED) is 0.755. The molecular weight excluding hydrogens is 402 g/mol. The first-order chi connectivity index (χ1) is 12.6. The van der Waals surface area contributed by atoms with E-state index in [2.05, 4.69) is 15.9 Å². The highest BCUT2D eigenvalue weighted by Crippen LogP contribution is 2.25. The fourth-order valence-corrected chi connectivity index (χ4v) is 3.48. The van der Waals surface area contributed by atoms with Crippen molar-refractivity contribution in [2.75, 3.05) is 38.0 Å². The fraction of sp³-hybridized carbons (Fsp3) is 0.333. The number of nitrogens with zero attached hydrogens (tertiary/aromatic N) is 3. The molecule has 0 saturated carbocycles. The second-order valence-corrected chi connectivity index (χ2v) is 7.01. The highest BCUT2D eigenvalue weighted by atomic mass is 79.9. The predicted molar refractivity (Wildman–Crippen MR) is 99.0 cm³/mol. The van der Waals surface area contributed by atoms with Crippen LogP contribution in [0.3, 0.4) is 0 Å². The second-order valence-electron chi connectivity index (χ2n) is 6.16. The highest BCUT2D eigenvalue weighted by molar-refractivity contribution is 9.10. The van der Waals surface area contributed by atoms with E-state index >= 15 is 0 Å². The van der Waals surface area contributed by atoms with Crippen LogP contribution in [0.15, 0.2) is 45.8 Å². The molecule has 2 aromatic rings. The maximum atomic E-state index is 13.0. The molecule has 8 heteroatoms. The molecule has 1 fully saturated rings. The summed E-state index contributed by atoms with van der Waals surface area (Å²) in [6, 6.07) is 9.56. The smallest absolute Gasteiger partial charge is 0.277 e. The lowest BCUT2D eigenvalue weighted by molar-refractivity contribution is 0.0471. The number of ether oxygens (including phenoxy) is 2. The molecule has 0 spiro atoms. The van der Waals surface area contributed by atoms with Crippen LogP contribution < -0.4 is 15.2 Å². The number of halogens is 1. The average Bonchev–Trinajstić information content (AvgIpc) is 2.62. The van der Waals surface area contributed by atoms with E-state index in [4.69, 9.17) is 9.47 Å². The van der Waals surface area contributed by atoms with Crippen LogP contribution in [0, 0.1) is 0 Å². The minimum absolute atomic E-state index is 0.0735. The summed E-state index contributed by atoms with van der Waals surface area (Å²) in [7, 11) is 0. The van der Waals surface area contributed by atoms with Gasteiger partial charge in [0.25, 0.3) is 5.91 Å². The Bertz CT molecular complexity index is 884. The summed E-state index contributed by atoms with van der Waals surface area (Å²) in [4.78, 5) is 27.3. The maximum absolute atomic E-state index is 13.0. The van der Waals surface area contributed by atoms with Crippen LogP contribution in [0.25, 0.3) is 0 Å². The molecule has 2 aliphatic heterocycles. The minimum atomic E-state index is -0.323. The van der Waals surface area contributed by atoms with Crippen molar-refractivity contribution in [2.45, 2.75) is 6.61 Å². The molecule has 136 valence electrons. The van der Waals surface area contributed by atoms with Gasteiger partial charge in [0, 0.05) is 12.7 Å². The van der Waals surface area contributed by atoms with Crippen LogP contribution in [0.5, 0.6) is 5.75 Å². The van der Waals surface area contributed by atoms with E-state index in [-0.39, 0.29) is 29.4 Å².